The van der Waals surface area contributed by atoms with E-state index in [9.17, 15) is 22.6 Å². The summed E-state index contributed by atoms with van der Waals surface area (Å²) in [5.41, 5.74) is -0.851. The Balaban J connectivity index is 0.0000270. The molecule has 0 fully saturated rings. The van der Waals surface area contributed by atoms with E-state index in [-0.39, 0.29) is 70.2 Å². The molecule has 0 saturated heterocycles. The Hall–Kier alpha value is -0.814. The van der Waals surface area contributed by atoms with E-state index in [4.69, 9.17) is 9.47 Å². The maximum atomic E-state index is 13.0. The van der Waals surface area contributed by atoms with Gasteiger partial charge in [-0.15, -0.1) is 0 Å². The molecule has 53 heavy (non-hydrogen) atoms. The first-order chi connectivity index (χ1) is 25.3. The van der Waals surface area contributed by atoms with Gasteiger partial charge >= 0.3 is 63.3 Å². The van der Waals surface area contributed by atoms with Crippen molar-refractivity contribution < 1.29 is 83.4 Å². The maximum Gasteiger partial charge on any atom is 1.00 e. The molecule has 9 heteroatoms. The van der Waals surface area contributed by atoms with Crippen molar-refractivity contribution in [2.45, 2.75) is 199 Å². The van der Waals surface area contributed by atoms with Gasteiger partial charge in [-0.05, 0) is 50.7 Å². The zero-order valence-corrected chi connectivity index (χ0v) is 38.0. The Morgan fingerprint density at radius 1 is 0.528 bits per heavy atom. The average Bonchev–Trinajstić information content (AvgIpc) is 3.13. The molecule has 1 aromatic rings. The molecule has 0 amide bonds. The van der Waals surface area contributed by atoms with Gasteiger partial charge in [0.2, 0.25) is 0 Å². The molecule has 0 radical (unpaired) electrons. The molecule has 7 nitrogen and oxygen atoms in total. The van der Waals surface area contributed by atoms with Crippen LogP contribution in [0.2, 0.25) is 0 Å². The number of carbonyl (C=O) groups is 2. The third kappa shape index (κ3) is 29.1. The van der Waals surface area contributed by atoms with Gasteiger partial charge in [-0.2, -0.15) is 0 Å². The van der Waals surface area contributed by atoms with Crippen molar-refractivity contribution in [3.05, 3.63) is 53.6 Å². The maximum absolute atomic E-state index is 13.0. The predicted molar refractivity (Wildman–Crippen MR) is 214 cm³/mol. The normalized spacial score (nSPS) is 11.7. The first-order valence-corrected chi connectivity index (χ1v) is 22.5. The Bertz CT molecular complexity index is 1210. The zero-order chi connectivity index (χ0) is 38.0. The molecule has 0 aliphatic heterocycles. The van der Waals surface area contributed by atoms with Gasteiger partial charge in [0.15, 0.2) is 0 Å². The molecule has 0 aliphatic rings. The molecule has 298 valence electrons. The number of carbonyl (C=O) groups excluding carboxylic acids is 2. The van der Waals surface area contributed by atoms with Gasteiger partial charge in [-0.1, -0.05) is 185 Å². The molecule has 0 spiro atoms. The second-order valence-electron chi connectivity index (χ2n) is 14.3. The Morgan fingerprint density at radius 2 is 0.868 bits per heavy atom. The van der Waals surface area contributed by atoms with E-state index in [0.29, 0.717) is 12.8 Å². The van der Waals surface area contributed by atoms with Crippen LogP contribution in [0.25, 0.3) is 0 Å². The van der Waals surface area contributed by atoms with Gasteiger partial charge in [-0.3, -0.25) is 0 Å². The quantitative estimate of drug-likeness (QED) is 0.0222. The molecular weight excluding hydrogens is 712 g/mol. The van der Waals surface area contributed by atoms with Crippen molar-refractivity contribution in [2.75, 3.05) is 13.2 Å². The molecule has 0 N–H and O–H groups in total. The van der Waals surface area contributed by atoms with E-state index in [1.807, 2.05) is 12.2 Å². The molecule has 0 bridgehead atoms. The second kappa shape index (κ2) is 36.8. The van der Waals surface area contributed by atoms with E-state index < -0.39 is 32.5 Å². The number of hydrogen-bond donors (Lipinski definition) is 0. The number of ether oxygens (including phenoxy) is 2. The molecule has 0 aromatic heterocycles. The van der Waals surface area contributed by atoms with Crippen LogP contribution in [0.15, 0.2) is 47.4 Å². The van der Waals surface area contributed by atoms with Gasteiger partial charge < -0.3 is 14.0 Å². The Kier molecular flexibility index (Phi) is 36.2. The topological polar surface area (TPSA) is 110 Å². The first-order valence-electron chi connectivity index (χ1n) is 21.1. The van der Waals surface area contributed by atoms with Gasteiger partial charge in [-0.25, -0.2) is 18.0 Å². The molecule has 1 aromatic carbocycles. The van der Waals surface area contributed by atoms with Gasteiger partial charge in [0.25, 0.3) is 0 Å². The van der Waals surface area contributed by atoms with Crippen LogP contribution >= 0.6 is 0 Å². The van der Waals surface area contributed by atoms with Crippen molar-refractivity contribution in [1.82, 2.24) is 0 Å². The summed E-state index contributed by atoms with van der Waals surface area (Å²) in [6.45, 7) is 4.57. The van der Waals surface area contributed by atoms with Crippen LogP contribution in [0.3, 0.4) is 0 Å². The van der Waals surface area contributed by atoms with Crippen LogP contribution in [-0.4, -0.2) is 38.1 Å². The minimum Gasteiger partial charge on any atom is -0.744 e. The molecule has 1 rings (SSSR count). The van der Waals surface area contributed by atoms with Crippen LogP contribution in [-0.2, 0) is 19.6 Å². The van der Waals surface area contributed by atoms with Crippen molar-refractivity contribution in [3.8, 4) is 0 Å². The third-order valence-corrected chi connectivity index (χ3v) is 10.4. The summed E-state index contributed by atoms with van der Waals surface area (Å²) in [4.78, 5) is 25.1. The molecule has 0 saturated carbocycles. The summed E-state index contributed by atoms with van der Waals surface area (Å²) in [5.74, 6) is -1.90. The molecule has 0 heterocycles. The fraction of sp³-hybridized carbons (Fsp3) is 0.727. The van der Waals surface area contributed by atoms with Crippen LogP contribution in [0.4, 0.5) is 0 Å². The minimum atomic E-state index is -5.03. The van der Waals surface area contributed by atoms with Crippen LogP contribution in [0, 0.1) is 0 Å². The van der Waals surface area contributed by atoms with Crippen LogP contribution in [0.5, 0.6) is 0 Å². The number of unbranched alkanes of at least 4 members (excludes halogenated alkanes) is 24. The Labute approximate surface area is 367 Å². The number of esters is 2. The molecule has 0 aliphatic carbocycles. The number of hydrogen-bond acceptors (Lipinski definition) is 7. The fourth-order valence-electron chi connectivity index (χ4n) is 6.39. The molecule has 0 unspecified atom stereocenters. The van der Waals surface area contributed by atoms with Crippen LogP contribution in [0.1, 0.15) is 214 Å². The Morgan fingerprint density at radius 3 is 1.25 bits per heavy atom. The van der Waals surface area contributed by atoms with Crippen molar-refractivity contribution in [1.29, 1.82) is 0 Å². The summed E-state index contributed by atoms with van der Waals surface area (Å²) in [5, 5.41) is 0. The summed E-state index contributed by atoms with van der Waals surface area (Å²) < 4.78 is 46.5. The smallest absolute Gasteiger partial charge is 0.744 e. The number of allylic oxidation sites excluding steroid dienone is 2. The first kappa shape index (κ1) is 52.2. The predicted octanol–water partition coefficient (Wildman–Crippen LogP) is 9.98. The van der Waals surface area contributed by atoms with Gasteiger partial charge in [0.1, 0.15) is 10.1 Å². The fourth-order valence-corrected chi connectivity index (χ4v) is 7.08. The van der Waals surface area contributed by atoms with Gasteiger partial charge in [0.05, 0.1) is 29.2 Å². The summed E-state index contributed by atoms with van der Waals surface area (Å²) >= 11 is 0. The summed E-state index contributed by atoms with van der Waals surface area (Å²) in [6.07, 6.45) is 42.3. The number of benzene rings is 1. The van der Waals surface area contributed by atoms with Crippen molar-refractivity contribution >= 4 is 22.1 Å². The zero-order valence-electron chi connectivity index (χ0n) is 34.0. The van der Waals surface area contributed by atoms with Gasteiger partial charge in [0, 0.05) is 0 Å². The standard InChI is InChI=1S/C44H74O7S.K/c1-3-5-7-9-11-13-15-17-19-21-23-25-27-29-31-33-38-50-43(45)40-36-35-37-41(52(47,48)49)42(40)44(46)51-39-34-32-30-28-26-24-22-20-18-16-14-12-10-8-6-4-2;/h29-32,35-37H,3-28,33-34,38-39H2,1-2H3,(H,47,48,49);/q;+1/p-1/b31-29+,32-30+;. The third-order valence-electron chi connectivity index (χ3n) is 9.54. The van der Waals surface area contributed by atoms with Crippen molar-refractivity contribution in [2.24, 2.45) is 0 Å². The molecular formula is C44H73KO7S. The summed E-state index contributed by atoms with van der Waals surface area (Å²) in [7, 11) is -5.03. The SMILES string of the molecule is CCCCCCCCCCCCCC/C=C/CCOC(=O)c1cccc(S(=O)(=O)[O-])c1C(=O)OCC/C=C/CCCCCCCCCCCCCC.[K+]. The van der Waals surface area contributed by atoms with E-state index in [1.165, 1.54) is 153 Å². The second-order valence-corrected chi connectivity index (χ2v) is 15.6. The number of rotatable bonds is 35. The van der Waals surface area contributed by atoms with E-state index in [0.717, 1.165) is 31.7 Å². The monoisotopic (exact) mass is 784 g/mol. The van der Waals surface area contributed by atoms with E-state index >= 15 is 0 Å². The van der Waals surface area contributed by atoms with E-state index in [1.54, 1.807) is 0 Å². The molecule has 0 atom stereocenters. The summed E-state index contributed by atoms with van der Waals surface area (Å²) in [6, 6.07) is 3.55. The van der Waals surface area contributed by atoms with Crippen molar-refractivity contribution in [3.63, 3.8) is 0 Å². The minimum absolute atomic E-state index is 0. The van der Waals surface area contributed by atoms with Crippen LogP contribution < -0.4 is 51.4 Å². The largest absolute Gasteiger partial charge is 1.00 e. The van der Waals surface area contributed by atoms with E-state index in [2.05, 4.69) is 26.0 Å². The average molecular weight is 785 g/mol.